The van der Waals surface area contributed by atoms with Gasteiger partial charge in [-0.1, -0.05) is 38.1 Å². The summed E-state index contributed by atoms with van der Waals surface area (Å²) in [6, 6.07) is 5.32. The minimum absolute atomic E-state index is 0.0890. The second-order valence-electron chi connectivity index (χ2n) is 11.3. The van der Waals surface area contributed by atoms with Gasteiger partial charge in [0.15, 0.2) is 17.4 Å². The number of hydrogen-bond acceptors (Lipinski definition) is 8. The lowest BCUT2D eigenvalue weighted by Gasteiger charge is -2.39. The topological polar surface area (TPSA) is 107 Å². The second kappa shape index (κ2) is 13.4. The fraction of sp³-hybridized carbons (Fsp3) is 0.600. The quantitative estimate of drug-likeness (QED) is 0.420. The summed E-state index contributed by atoms with van der Waals surface area (Å²) >= 11 is 0. The molecule has 1 N–H and O–H groups in total. The highest BCUT2D eigenvalue weighted by molar-refractivity contribution is 5.84. The molecule has 9 nitrogen and oxygen atoms in total. The number of likely N-dealkylation sites (tertiary alicyclic amines) is 1. The predicted molar refractivity (Wildman–Crippen MR) is 148 cm³/mol. The van der Waals surface area contributed by atoms with E-state index >= 15 is 4.39 Å². The largest absolute Gasteiger partial charge is 0.490 e. The Balaban J connectivity index is 1.30. The van der Waals surface area contributed by atoms with E-state index < -0.39 is 5.97 Å². The van der Waals surface area contributed by atoms with Gasteiger partial charge < -0.3 is 24.2 Å². The van der Waals surface area contributed by atoms with Crippen LogP contribution in [0.5, 0.6) is 5.75 Å². The highest BCUT2D eigenvalue weighted by Gasteiger charge is 2.34. The van der Waals surface area contributed by atoms with Crippen LogP contribution < -0.4 is 10.1 Å². The van der Waals surface area contributed by atoms with E-state index in [-0.39, 0.29) is 47.8 Å². The van der Waals surface area contributed by atoms with Crippen molar-refractivity contribution in [1.82, 2.24) is 20.4 Å². The van der Waals surface area contributed by atoms with Gasteiger partial charge in [-0.3, -0.25) is 9.59 Å². The van der Waals surface area contributed by atoms with E-state index in [4.69, 9.17) is 9.26 Å². The highest BCUT2D eigenvalue weighted by atomic mass is 19.1. The van der Waals surface area contributed by atoms with E-state index in [1.807, 2.05) is 26.0 Å². The average Bonchev–Trinajstić information content (AvgIpc) is 3.46. The Morgan fingerprint density at radius 2 is 2.05 bits per heavy atom. The number of nitrogens with zero attached hydrogens (tertiary/aromatic N) is 3. The van der Waals surface area contributed by atoms with Crippen LogP contribution >= 0.6 is 0 Å². The Labute approximate surface area is 235 Å². The number of esters is 1. The molecule has 1 aromatic heterocycles. The maximum Gasteiger partial charge on any atom is 0.325 e. The van der Waals surface area contributed by atoms with Crippen molar-refractivity contribution < 1.29 is 28.0 Å². The van der Waals surface area contributed by atoms with Gasteiger partial charge in [-0.05, 0) is 74.9 Å². The molecule has 1 aliphatic heterocycles. The summed E-state index contributed by atoms with van der Waals surface area (Å²) in [5.74, 6) is 0.990. The molecule has 1 saturated heterocycles. The van der Waals surface area contributed by atoms with Crippen LogP contribution in [0.15, 0.2) is 28.8 Å². The SMILES string of the molecule is COC(=O)CNC(=O)C1CC=C(c2ccc(OCC3CCN(C)C([C@@H](C)c4nc(C(C)C)no4)C3)c(F)c2)CC1. The number of likely N-dealkylation sites (N-methyl/N-ethyl adjacent to an activating group) is 1. The molecule has 0 bridgehead atoms. The number of methoxy groups -OCH3 is 1. The van der Waals surface area contributed by atoms with E-state index in [1.54, 1.807) is 6.07 Å². The van der Waals surface area contributed by atoms with Crippen molar-refractivity contribution >= 4 is 17.4 Å². The second-order valence-corrected chi connectivity index (χ2v) is 11.3. The summed E-state index contributed by atoms with van der Waals surface area (Å²) in [6.07, 6.45) is 5.69. The van der Waals surface area contributed by atoms with Gasteiger partial charge >= 0.3 is 5.97 Å². The number of carbonyl (C=O) groups is 2. The number of aromatic nitrogens is 2. The number of amides is 1. The molecule has 2 aliphatic rings. The van der Waals surface area contributed by atoms with Crippen molar-refractivity contribution in [2.45, 2.75) is 70.8 Å². The van der Waals surface area contributed by atoms with Crippen molar-refractivity contribution in [3.05, 3.63) is 47.4 Å². The van der Waals surface area contributed by atoms with E-state index in [1.165, 1.54) is 13.2 Å². The van der Waals surface area contributed by atoms with Gasteiger partial charge in [0.05, 0.1) is 19.6 Å². The summed E-state index contributed by atoms with van der Waals surface area (Å²) in [7, 11) is 3.40. The molecule has 0 saturated carbocycles. The van der Waals surface area contributed by atoms with Crippen molar-refractivity contribution in [1.29, 1.82) is 0 Å². The van der Waals surface area contributed by atoms with Gasteiger partial charge in [0.1, 0.15) is 6.54 Å². The number of piperidine rings is 1. The van der Waals surface area contributed by atoms with E-state index in [9.17, 15) is 9.59 Å². The molecule has 1 fully saturated rings. The number of nitrogens with one attached hydrogen (secondary N) is 1. The van der Waals surface area contributed by atoms with E-state index in [0.717, 1.165) is 36.3 Å². The van der Waals surface area contributed by atoms with Crippen molar-refractivity contribution in [2.75, 3.05) is 33.9 Å². The number of hydrogen-bond donors (Lipinski definition) is 1. The first kappa shape index (κ1) is 29.7. The van der Waals surface area contributed by atoms with Crippen LogP contribution in [-0.4, -0.2) is 66.8 Å². The van der Waals surface area contributed by atoms with Crippen LogP contribution in [0.3, 0.4) is 0 Å². The first-order valence-corrected chi connectivity index (χ1v) is 14.2. The molecule has 2 heterocycles. The smallest absolute Gasteiger partial charge is 0.325 e. The summed E-state index contributed by atoms with van der Waals surface area (Å²) in [5, 5.41) is 6.73. The molecule has 4 rings (SSSR count). The number of halogens is 1. The Morgan fingerprint density at radius 3 is 2.70 bits per heavy atom. The monoisotopic (exact) mass is 556 g/mol. The minimum Gasteiger partial charge on any atom is -0.490 e. The lowest BCUT2D eigenvalue weighted by Crippen LogP contribution is -2.44. The Kier molecular flexibility index (Phi) is 9.95. The zero-order valence-electron chi connectivity index (χ0n) is 24.1. The van der Waals surface area contributed by atoms with Gasteiger partial charge in [-0.25, -0.2) is 4.39 Å². The van der Waals surface area contributed by atoms with Crippen molar-refractivity contribution in [3.63, 3.8) is 0 Å². The molecule has 3 unspecified atom stereocenters. The van der Waals surface area contributed by atoms with Gasteiger partial charge in [0.2, 0.25) is 11.8 Å². The highest BCUT2D eigenvalue weighted by Crippen LogP contribution is 2.34. The molecule has 1 aliphatic carbocycles. The third-order valence-electron chi connectivity index (χ3n) is 8.17. The van der Waals surface area contributed by atoms with E-state index in [0.29, 0.717) is 37.7 Å². The average molecular weight is 557 g/mol. The Hall–Kier alpha value is -3.27. The maximum absolute atomic E-state index is 15.0. The van der Waals surface area contributed by atoms with Crippen LogP contribution in [0.1, 0.15) is 82.0 Å². The fourth-order valence-electron chi connectivity index (χ4n) is 5.50. The molecular formula is C30H41FN4O5. The zero-order valence-corrected chi connectivity index (χ0v) is 24.1. The summed E-state index contributed by atoms with van der Waals surface area (Å²) in [5.41, 5.74) is 1.81. The number of carbonyl (C=O) groups excluding carboxylic acids is 2. The standard InChI is InChI=1S/C30H41FN4O5/c1-18(2)28-33-30(40-34-28)19(3)25-14-20(12-13-35(25)4)17-39-26-11-10-23(15-24(26)31)21-6-8-22(9-7-21)29(37)32-16-27(36)38-5/h6,10-11,15,18-20,22,25H,7-9,12-14,16-17H2,1-5H3,(H,32,37)/t19-,20?,22?,25?/m1/s1. The lowest BCUT2D eigenvalue weighted by molar-refractivity contribution is -0.141. The normalized spacial score (nSPS) is 22.5. The van der Waals surface area contributed by atoms with Gasteiger partial charge in [-0.15, -0.1) is 0 Å². The molecule has 40 heavy (non-hydrogen) atoms. The van der Waals surface area contributed by atoms with E-state index in [2.05, 4.69) is 39.1 Å². The molecule has 4 atom stereocenters. The number of ether oxygens (including phenoxy) is 2. The van der Waals surface area contributed by atoms with Crippen LogP contribution in [-0.2, 0) is 14.3 Å². The van der Waals surface area contributed by atoms with Crippen molar-refractivity contribution in [2.24, 2.45) is 11.8 Å². The van der Waals surface area contributed by atoms with Gasteiger partial charge in [-0.2, -0.15) is 4.98 Å². The molecule has 0 radical (unpaired) electrons. The first-order valence-electron chi connectivity index (χ1n) is 14.2. The molecule has 218 valence electrons. The zero-order chi connectivity index (χ0) is 28.8. The summed E-state index contributed by atoms with van der Waals surface area (Å²) < 4.78 is 31.1. The molecule has 1 aromatic carbocycles. The minimum atomic E-state index is -0.479. The molecule has 2 aromatic rings. The first-order chi connectivity index (χ1) is 19.2. The number of allylic oxidation sites excluding steroid dienone is 2. The van der Waals surface area contributed by atoms with Crippen LogP contribution in [0.25, 0.3) is 5.57 Å². The fourth-order valence-corrected chi connectivity index (χ4v) is 5.50. The Morgan fingerprint density at radius 1 is 1.25 bits per heavy atom. The van der Waals surface area contributed by atoms with Crippen molar-refractivity contribution in [3.8, 4) is 5.75 Å². The maximum atomic E-state index is 15.0. The third-order valence-corrected chi connectivity index (χ3v) is 8.17. The van der Waals surface area contributed by atoms with Crippen LogP contribution in [0.4, 0.5) is 4.39 Å². The summed E-state index contributed by atoms with van der Waals surface area (Å²) in [4.78, 5) is 30.5. The predicted octanol–water partition coefficient (Wildman–Crippen LogP) is 4.70. The van der Waals surface area contributed by atoms with Crippen LogP contribution in [0, 0.1) is 17.7 Å². The van der Waals surface area contributed by atoms with Crippen LogP contribution in [0.2, 0.25) is 0 Å². The Bertz CT molecular complexity index is 1210. The number of rotatable bonds is 10. The van der Waals surface area contributed by atoms with Gasteiger partial charge in [0.25, 0.3) is 0 Å². The molecule has 10 heteroatoms. The summed E-state index contributed by atoms with van der Waals surface area (Å²) in [6.45, 7) is 7.45. The molecule has 1 amide bonds. The molecule has 0 spiro atoms. The lowest BCUT2D eigenvalue weighted by atomic mass is 9.85. The molecular weight excluding hydrogens is 515 g/mol. The van der Waals surface area contributed by atoms with Gasteiger partial charge in [0, 0.05) is 17.9 Å². The number of benzene rings is 1. The third kappa shape index (κ3) is 7.27.